The lowest BCUT2D eigenvalue weighted by Gasteiger charge is -2.10. The fourth-order valence-corrected chi connectivity index (χ4v) is 3.25. The zero-order valence-electron chi connectivity index (χ0n) is 17.8. The van der Waals surface area contributed by atoms with Crippen LogP contribution < -0.4 is 10.1 Å². The first-order valence-electron chi connectivity index (χ1n) is 10.3. The van der Waals surface area contributed by atoms with E-state index in [-0.39, 0.29) is 5.91 Å². The molecule has 31 heavy (non-hydrogen) atoms. The molecule has 6 nitrogen and oxygen atoms in total. The largest absolute Gasteiger partial charge is 0.487 e. The number of rotatable bonds is 8. The Morgan fingerprint density at radius 3 is 2.68 bits per heavy atom. The van der Waals surface area contributed by atoms with E-state index in [0.717, 1.165) is 30.0 Å². The number of aromatic nitrogens is 2. The lowest BCUT2D eigenvalue weighted by Crippen LogP contribution is -2.15. The number of carbonyl (C=O) groups excluding carboxylic acids is 1. The van der Waals surface area contributed by atoms with E-state index < -0.39 is 0 Å². The Balaban J connectivity index is 1.36. The Bertz CT molecular complexity index is 1130. The smallest absolute Gasteiger partial charge is 0.255 e. The van der Waals surface area contributed by atoms with Crippen LogP contribution in [0.25, 0.3) is 5.65 Å². The third kappa shape index (κ3) is 5.49. The van der Waals surface area contributed by atoms with E-state index in [1.165, 1.54) is 5.56 Å². The maximum absolute atomic E-state index is 12.7. The molecule has 0 atom stereocenters. The molecule has 0 saturated heterocycles. The van der Waals surface area contributed by atoms with Gasteiger partial charge in [-0.3, -0.25) is 4.79 Å². The first-order valence-corrected chi connectivity index (χ1v) is 10.3. The number of nitrogens with one attached hydrogen (secondary N) is 1. The van der Waals surface area contributed by atoms with Crippen molar-refractivity contribution in [3.05, 3.63) is 95.9 Å². The number of fused-ring (bicyclic) bond motifs is 1. The van der Waals surface area contributed by atoms with Crippen LogP contribution in [0.3, 0.4) is 0 Å². The Kier molecular flexibility index (Phi) is 6.29. The average molecular weight is 415 g/mol. The van der Waals surface area contributed by atoms with Crippen molar-refractivity contribution < 1.29 is 9.53 Å². The van der Waals surface area contributed by atoms with Gasteiger partial charge in [-0.1, -0.05) is 24.3 Å². The monoisotopic (exact) mass is 414 g/mol. The van der Waals surface area contributed by atoms with Gasteiger partial charge in [0.15, 0.2) is 0 Å². The molecule has 2 heterocycles. The maximum Gasteiger partial charge on any atom is 0.255 e. The van der Waals surface area contributed by atoms with Gasteiger partial charge in [0.1, 0.15) is 18.0 Å². The van der Waals surface area contributed by atoms with E-state index in [4.69, 9.17) is 4.74 Å². The van der Waals surface area contributed by atoms with Crippen LogP contribution in [0.4, 0.5) is 5.69 Å². The van der Waals surface area contributed by atoms with Crippen LogP contribution in [-0.2, 0) is 13.0 Å². The molecule has 0 unspecified atom stereocenters. The Morgan fingerprint density at radius 1 is 1.06 bits per heavy atom. The zero-order chi connectivity index (χ0) is 21.6. The van der Waals surface area contributed by atoms with Crippen LogP contribution in [0.5, 0.6) is 5.75 Å². The van der Waals surface area contributed by atoms with Gasteiger partial charge < -0.3 is 19.4 Å². The molecule has 0 radical (unpaired) electrons. The van der Waals surface area contributed by atoms with Crippen LogP contribution in [0.1, 0.15) is 21.6 Å². The van der Waals surface area contributed by atoms with E-state index >= 15 is 0 Å². The lowest BCUT2D eigenvalue weighted by atomic mass is 10.1. The van der Waals surface area contributed by atoms with Gasteiger partial charge in [-0.05, 0) is 68.5 Å². The number of amides is 1. The Labute approximate surface area is 182 Å². The quantitative estimate of drug-likeness (QED) is 0.468. The second-order valence-corrected chi connectivity index (χ2v) is 7.72. The van der Waals surface area contributed by atoms with Crippen LogP contribution in [0.15, 0.2) is 79.1 Å². The molecule has 2 aromatic heterocycles. The normalized spacial score (nSPS) is 11.1. The molecule has 1 N–H and O–H groups in total. The molecule has 1 amide bonds. The summed E-state index contributed by atoms with van der Waals surface area (Å²) in [4.78, 5) is 19.3. The highest BCUT2D eigenvalue weighted by Gasteiger charge is 2.09. The van der Waals surface area contributed by atoms with E-state index in [2.05, 4.69) is 29.3 Å². The summed E-state index contributed by atoms with van der Waals surface area (Å²) in [7, 11) is 4.12. The van der Waals surface area contributed by atoms with E-state index in [1.54, 1.807) is 12.1 Å². The molecule has 0 fully saturated rings. The maximum atomic E-state index is 12.7. The minimum atomic E-state index is -0.167. The number of benzene rings is 2. The van der Waals surface area contributed by atoms with Crippen LogP contribution in [0, 0.1) is 0 Å². The van der Waals surface area contributed by atoms with Crippen molar-refractivity contribution >= 4 is 17.2 Å². The summed E-state index contributed by atoms with van der Waals surface area (Å²) in [6, 6.07) is 21.0. The fourth-order valence-electron chi connectivity index (χ4n) is 3.25. The van der Waals surface area contributed by atoms with Crippen molar-refractivity contribution in [2.24, 2.45) is 0 Å². The summed E-state index contributed by atoms with van der Waals surface area (Å²) in [6.07, 6.45) is 4.87. The SMILES string of the molecule is CN(C)CCc1ccc(NC(=O)c2cccc(OCc3cn4ccccc4n3)c2)cc1. The lowest BCUT2D eigenvalue weighted by molar-refractivity contribution is 0.102. The second-order valence-electron chi connectivity index (χ2n) is 7.72. The van der Waals surface area contributed by atoms with Crippen LogP contribution in [-0.4, -0.2) is 40.8 Å². The van der Waals surface area contributed by atoms with Gasteiger partial charge in [0.25, 0.3) is 5.91 Å². The Morgan fingerprint density at radius 2 is 1.90 bits per heavy atom. The van der Waals surface area contributed by atoms with E-state index in [9.17, 15) is 4.79 Å². The average Bonchev–Trinajstić information content (AvgIpc) is 3.20. The van der Waals surface area contributed by atoms with Crippen LogP contribution in [0.2, 0.25) is 0 Å². The molecular weight excluding hydrogens is 388 g/mol. The van der Waals surface area contributed by atoms with E-state index in [0.29, 0.717) is 17.9 Å². The van der Waals surface area contributed by atoms with Crippen molar-refractivity contribution in [3.63, 3.8) is 0 Å². The van der Waals surface area contributed by atoms with E-state index in [1.807, 2.05) is 71.4 Å². The number of hydrogen-bond acceptors (Lipinski definition) is 4. The van der Waals surface area contributed by atoms with Crippen molar-refractivity contribution in [1.29, 1.82) is 0 Å². The van der Waals surface area contributed by atoms with Gasteiger partial charge in [-0.15, -0.1) is 0 Å². The minimum Gasteiger partial charge on any atom is -0.487 e. The van der Waals surface area contributed by atoms with Gasteiger partial charge in [0.2, 0.25) is 0 Å². The predicted molar refractivity (Wildman–Crippen MR) is 123 cm³/mol. The van der Waals surface area contributed by atoms with Gasteiger partial charge in [-0.2, -0.15) is 0 Å². The number of pyridine rings is 1. The molecule has 6 heteroatoms. The first kappa shape index (κ1) is 20.6. The molecule has 0 aliphatic heterocycles. The summed E-state index contributed by atoms with van der Waals surface area (Å²) in [5.74, 6) is 0.461. The summed E-state index contributed by atoms with van der Waals surface area (Å²) >= 11 is 0. The zero-order valence-corrected chi connectivity index (χ0v) is 17.8. The standard InChI is InChI=1S/C25H26N4O2/c1-28(2)15-13-19-9-11-21(12-10-19)27-25(30)20-6-5-7-23(16-20)31-18-22-17-29-14-4-3-8-24(29)26-22/h3-12,14,16-17H,13,15,18H2,1-2H3,(H,27,30). The number of anilines is 1. The molecule has 0 aliphatic rings. The molecule has 0 saturated carbocycles. The molecule has 4 aromatic rings. The number of likely N-dealkylation sites (N-methyl/N-ethyl adjacent to an activating group) is 1. The number of nitrogens with zero attached hydrogens (tertiary/aromatic N) is 3. The molecule has 0 bridgehead atoms. The van der Waals surface area contributed by atoms with Gasteiger partial charge in [0.05, 0.1) is 5.69 Å². The van der Waals surface area contributed by atoms with Gasteiger partial charge in [-0.25, -0.2) is 4.98 Å². The molecule has 158 valence electrons. The summed E-state index contributed by atoms with van der Waals surface area (Å²) in [5.41, 5.74) is 4.27. The molecule has 0 aliphatic carbocycles. The second kappa shape index (κ2) is 9.45. The summed E-state index contributed by atoms with van der Waals surface area (Å²) < 4.78 is 7.82. The van der Waals surface area contributed by atoms with Crippen molar-refractivity contribution in [3.8, 4) is 5.75 Å². The predicted octanol–water partition coefficient (Wildman–Crippen LogP) is 4.27. The minimum absolute atomic E-state index is 0.167. The Hall–Kier alpha value is -3.64. The van der Waals surface area contributed by atoms with Crippen molar-refractivity contribution in [1.82, 2.24) is 14.3 Å². The third-order valence-electron chi connectivity index (χ3n) is 4.96. The highest BCUT2D eigenvalue weighted by molar-refractivity contribution is 6.04. The fraction of sp³-hybridized carbons (Fsp3) is 0.200. The third-order valence-corrected chi connectivity index (χ3v) is 4.96. The van der Waals surface area contributed by atoms with Gasteiger partial charge >= 0.3 is 0 Å². The summed E-state index contributed by atoms with van der Waals surface area (Å²) in [5, 5.41) is 2.95. The molecule has 0 spiro atoms. The highest BCUT2D eigenvalue weighted by atomic mass is 16.5. The molecule has 4 rings (SSSR count). The number of hydrogen-bond donors (Lipinski definition) is 1. The molecular formula is C25H26N4O2. The van der Waals surface area contributed by atoms with Crippen molar-refractivity contribution in [2.45, 2.75) is 13.0 Å². The number of carbonyl (C=O) groups is 1. The highest BCUT2D eigenvalue weighted by Crippen LogP contribution is 2.18. The topological polar surface area (TPSA) is 58.9 Å². The molecule has 2 aromatic carbocycles. The summed E-state index contributed by atoms with van der Waals surface area (Å²) in [6.45, 7) is 1.33. The van der Waals surface area contributed by atoms with Crippen molar-refractivity contribution in [2.75, 3.05) is 26.0 Å². The first-order chi connectivity index (χ1) is 15.1. The number of imidazole rings is 1. The van der Waals surface area contributed by atoms with Gasteiger partial charge in [0, 0.05) is 30.2 Å². The van der Waals surface area contributed by atoms with Crippen LogP contribution >= 0.6 is 0 Å². The number of ether oxygens (including phenoxy) is 1.